The highest BCUT2D eigenvalue weighted by atomic mass is 16.5. The number of amides is 1. The van der Waals surface area contributed by atoms with E-state index in [1.54, 1.807) is 55.6 Å². The van der Waals surface area contributed by atoms with E-state index >= 15 is 0 Å². The summed E-state index contributed by atoms with van der Waals surface area (Å²) in [7, 11) is 1.60. The Hall–Kier alpha value is -3.40. The zero-order valence-electron chi connectivity index (χ0n) is 15.3. The molecule has 0 saturated heterocycles. The second-order valence-corrected chi connectivity index (χ2v) is 6.26. The summed E-state index contributed by atoms with van der Waals surface area (Å²) in [6, 6.07) is 23.5. The molecule has 0 saturated carbocycles. The third kappa shape index (κ3) is 4.42. The van der Waals surface area contributed by atoms with Gasteiger partial charge in [0.15, 0.2) is 5.78 Å². The van der Waals surface area contributed by atoms with Crippen LogP contribution in [0.2, 0.25) is 0 Å². The van der Waals surface area contributed by atoms with Gasteiger partial charge < -0.3 is 10.1 Å². The monoisotopic (exact) mass is 359 g/mol. The Balaban J connectivity index is 1.75. The number of ether oxygens (including phenoxy) is 1. The van der Waals surface area contributed by atoms with Crippen LogP contribution in [0.1, 0.15) is 34.3 Å². The van der Waals surface area contributed by atoms with Gasteiger partial charge in [0.25, 0.3) is 0 Å². The maximum absolute atomic E-state index is 12.6. The minimum absolute atomic E-state index is 0.0554. The van der Waals surface area contributed by atoms with Gasteiger partial charge in [0.1, 0.15) is 5.75 Å². The molecule has 0 aromatic heterocycles. The highest BCUT2D eigenvalue weighted by Gasteiger charge is 2.17. The molecule has 1 atom stereocenters. The Morgan fingerprint density at radius 2 is 1.52 bits per heavy atom. The largest absolute Gasteiger partial charge is 0.497 e. The van der Waals surface area contributed by atoms with Gasteiger partial charge in [-0.1, -0.05) is 48.5 Å². The van der Waals surface area contributed by atoms with E-state index in [9.17, 15) is 9.59 Å². The van der Waals surface area contributed by atoms with Crippen molar-refractivity contribution >= 4 is 17.4 Å². The van der Waals surface area contributed by atoms with Gasteiger partial charge in [0, 0.05) is 16.8 Å². The molecular formula is C23H21NO3. The van der Waals surface area contributed by atoms with E-state index in [1.807, 2.05) is 37.3 Å². The second-order valence-electron chi connectivity index (χ2n) is 6.26. The van der Waals surface area contributed by atoms with Crippen molar-refractivity contribution in [1.82, 2.24) is 0 Å². The van der Waals surface area contributed by atoms with Crippen molar-refractivity contribution in [2.45, 2.75) is 12.8 Å². The quantitative estimate of drug-likeness (QED) is 0.651. The molecule has 4 nitrogen and oxygen atoms in total. The third-order valence-electron chi connectivity index (χ3n) is 4.44. The van der Waals surface area contributed by atoms with E-state index in [-0.39, 0.29) is 11.7 Å². The van der Waals surface area contributed by atoms with Gasteiger partial charge in [0.05, 0.1) is 13.0 Å². The smallest absolute Gasteiger partial charge is 0.231 e. The summed E-state index contributed by atoms with van der Waals surface area (Å²) in [6.45, 7) is 1.82. The fourth-order valence-corrected chi connectivity index (χ4v) is 2.78. The summed E-state index contributed by atoms with van der Waals surface area (Å²) in [5.41, 5.74) is 2.69. The van der Waals surface area contributed by atoms with Crippen LogP contribution in [0.3, 0.4) is 0 Å². The Bertz CT molecular complexity index is 933. The van der Waals surface area contributed by atoms with E-state index in [0.717, 1.165) is 11.3 Å². The lowest BCUT2D eigenvalue weighted by Gasteiger charge is -2.14. The fraction of sp³-hybridized carbons (Fsp3) is 0.130. The van der Waals surface area contributed by atoms with Gasteiger partial charge in [0.2, 0.25) is 5.91 Å². The van der Waals surface area contributed by atoms with E-state index in [4.69, 9.17) is 4.74 Å². The minimum atomic E-state index is -0.393. The minimum Gasteiger partial charge on any atom is -0.497 e. The zero-order valence-corrected chi connectivity index (χ0v) is 15.3. The molecule has 0 spiro atoms. The highest BCUT2D eigenvalue weighted by Crippen LogP contribution is 2.22. The molecule has 1 amide bonds. The maximum Gasteiger partial charge on any atom is 0.231 e. The van der Waals surface area contributed by atoms with Crippen LogP contribution in [-0.2, 0) is 4.79 Å². The van der Waals surface area contributed by atoms with Crippen LogP contribution in [-0.4, -0.2) is 18.8 Å². The number of nitrogens with one attached hydrogen (secondary N) is 1. The maximum atomic E-state index is 12.6. The highest BCUT2D eigenvalue weighted by molar-refractivity contribution is 6.09. The zero-order chi connectivity index (χ0) is 19.2. The molecule has 0 heterocycles. The van der Waals surface area contributed by atoms with Gasteiger partial charge in [-0.15, -0.1) is 0 Å². The normalized spacial score (nSPS) is 11.5. The van der Waals surface area contributed by atoms with Crippen molar-refractivity contribution in [3.8, 4) is 5.75 Å². The van der Waals surface area contributed by atoms with Crippen molar-refractivity contribution in [2.75, 3.05) is 12.4 Å². The number of methoxy groups -OCH3 is 1. The lowest BCUT2D eigenvalue weighted by atomic mass is 9.95. The molecule has 0 aliphatic rings. The summed E-state index contributed by atoms with van der Waals surface area (Å²) in [6.07, 6.45) is 0. The average molecular weight is 359 g/mol. The lowest BCUT2D eigenvalue weighted by Crippen LogP contribution is -2.19. The SMILES string of the molecule is COc1ccc(NC(=O)[C@@H](C)c2cccc(C(=O)c3ccccc3)c2)cc1. The van der Waals surface area contributed by atoms with Gasteiger partial charge in [-0.25, -0.2) is 0 Å². The van der Waals surface area contributed by atoms with Crippen LogP contribution < -0.4 is 10.1 Å². The number of benzene rings is 3. The number of hydrogen-bond donors (Lipinski definition) is 1. The summed E-state index contributed by atoms with van der Waals surface area (Å²) >= 11 is 0. The third-order valence-corrected chi connectivity index (χ3v) is 4.44. The molecule has 0 aliphatic heterocycles. The first-order chi connectivity index (χ1) is 13.1. The molecule has 0 aliphatic carbocycles. The van der Waals surface area contributed by atoms with Crippen LogP contribution in [0.25, 0.3) is 0 Å². The molecule has 4 heteroatoms. The van der Waals surface area contributed by atoms with E-state index in [0.29, 0.717) is 16.8 Å². The van der Waals surface area contributed by atoms with E-state index < -0.39 is 5.92 Å². The van der Waals surface area contributed by atoms with Gasteiger partial charge >= 0.3 is 0 Å². The number of hydrogen-bond acceptors (Lipinski definition) is 3. The van der Waals surface area contributed by atoms with Gasteiger partial charge in [-0.05, 0) is 42.8 Å². The molecule has 1 N–H and O–H groups in total. The summed E-state index contributed by atoms with van der Waals surface area (Å²) in [5.74, 6) is 0.147. The van der Waals surface area contributed by atoms with Crippen molar-refractivity contribution in [2.24, 2.45) is 0 Å². The fourth-order valence-electron chi connectivity index (χ4n) is 2.78. The Labute approximate surface area is 158 Å². The average Bonchev–Trinajstić information content (AvgIpc) is 2.74. The van der Waals surface area contributed by atoms with Crippen molar-refractivity contribution in [1.29, 1.82) is 0 Å². The molecule has 3 aromatic carbocycles. The predicted octanol–water partition coefficient (Wildman–Crippen LogP) is 4.67. The molecular weight excluding hydrogens is 338 g/mol. The number of carbonyl (C=O) groups is 2. The first kappa shape index (κ1) is 18.4. The molecule has 27 heavy (non-hydrogen) atoms. The molecule has 3 aromatic rings. The Morgan fingerprint density at radius 3 is 2.19 bits per heavy atom. The lowest BCUT2D eigenvalue weighted by molar-refractivity contribution is -0.117. The molecule has 3 rings (SSSR count). The summed E-state index contributed by atoms with van der Waals surface area (Å²) in [4.78, 5) is 25.2. The first-order valence-electron chi connectivity index (χ1n) is 8.73. The van der Waals surface area contributed by atoms with Crippen LogP contribution >= 0.6 is 0 Å². The Morgan fingerprint density at radius 1 is 0.852 bits per heavy atom. The van der Waals surface area contributed by atoms with Gasteiger partial charge in [-0.2, -0.15) is 0 Å². The second kappa shape index (κ2) is 8.32. The van der Waals surface area contributed by atoms with Gasteiger partial charge in [-0.3, -0.25) is 9.59 Å². The van der Waals surface area contributed by atoms with Crippen molar-refractivity contribution in [3.05, 3.63) is 95.6 Å². The number of ketones is 1. The summed E-state index contributed by atoms with van der Waals surface area (Å²) < 4.78 is 5.12. The molecule has 0 bridgehead atoms. The standard InChI is InChI=1S/C23H21NO3/c1-16(23(26)24-20-11-13-21(27-2)14-12-20)18-9-6-10-19(15-18)22(25)17-7-4-3-5-8-17/h3-16H,1-2H3,(H,24,26)/t16-/m0/s1. The molecule has 136 valence electrons. The van der Waals surface area contributed by atoms with Crippen LogP contribution in [0, 0.1) is 0 Å². The van der Waals surface area contributed by atoms with Crippen LogP contribution in [0.15, 0.2) is 78.9 Å². The molecule has 0 radical (unpaired) electrons. The topological polar surface area (TPSA) is 55.4 Å². The molecule has 0 fully saturated rings. The predicted molar refractivity (Wildman–Crippen MR) is 106 cm³/mol. The van der Waals surface area contributed by atoms with Crippen LogP contribution in [0.4, 0.5) is 5.69 Å². The van der Waals surface area contributed by atoms with Crippen molar-refractivity contribution < 1.29 is 14.3 Å². The van der Waals surface area contributed by atoms with E-state index in [1.165, 1.54) is 0 Å². The van der Waals surface area contributed by atoms with Crippen LogP contribution in [0.5, 0.6) is 5.75 Å². The Kier molecular flexibility index (Phi) is 5.67. The number of rotatable bonds is 6. The number of anilines is 1. The number of carbonyl (C=O) groups excluding carboxylic acids is 2. The van der Waals surface area contributed by atoms with Crippen molar-refractivity contribution in [3.63, 3.8) is 0 Å². The molecule has 0 unspecified atom stereocenters. The van der Waals surface area contributed by atoms with E-state index in [2.05, 4.69) is 5.32 Å². The first-order valence-corrected chi connectivity index (χ1v) is 8.73. The summed E-state index contributed by atoms with van der Waals surface area (Å²) in [5, 5.41) is 2.89.